The molecule has 2 rings (SSSR count). The molecule has 0 radical (unpaired) electrons. The number of benzene rings is 1. The van der Waals surface area contributed by atoms with E-state index in [9.17, 15) is 4.79 Å². The SMILES string of the molecule is Cc1cc(C)c(OCCNC(=O)N2CCOCC2)c(C)c1. The van der Waals surface area contributed by atoms with Gasteiger partial charge in [0, 0.05) is 13.1 Å². The molecule has 116 valence electrons. The van der Waals surface area contributed by atoms with Crippen molar-refractivity contribution in [3.63, 3.8) is 0 Å². The number of nitrogens with zero attached hydrogens (tertiary/aromatic N) is 1. The Balaban J connectivity index is 1.76. The van der Waals surface area contributed by atoms with E-state index in [1.807, 2.05) is 13.8 Å². The lowest BCUT2D eigenvalue weighted by atomic mass is 10.1. The van der Waals surface area contributed by atoms with Crippen LogP contribution < -0.4 is 10.1 Å². The van der Waals surface area contributed by atoms with Gasteiger partial charge in [0.05, 0.1) is 19.8 Å². The fraction of sp³-hybridized carbons (Fsp3) is 0.562. The summed E-state index contributed by atoms with van der Waals surface area (Å²) in [5, 5.41) is 2.88. The molecule has 0 unspecified atom stereocenters. The number of carbonyl (C=O) groups excluding carboxylic acids is 1. The molecule has 0 bridgehead atoms. The zero-order valence-corrected chi connectivity index (χ0v) is 13.1. The highest BCUT2D eigenvalue weighted by molar-refractivity contribution is 5.74. The van der Waals surface area contributed by atoms with Gasteiger partial charge in [-0.25, -0.2) is 4.79 Å². The lowest BCUT2D eigenvalue weighted by Gasteiger charge is -2.26. The summed E-state index contributed by atoms with van der Waals surface area (Å²) in [5.41, 5.74) is 3.50. The van der Waals surface area contributed by atoms with Crippen LogP contribution in [0.2, 0.25) is 0 Å². The minimum Gasteiger partial charge on any atom is -0.491 e. The van der Waals surface area contributed by atoms with E-state index in [1.165, 1.54) is 5.56 Å². The molecular formula is C16H24N2O3. The van der Waals surface area contributed by atoms with Crippen molar-refractivity contribution < 1.29 is 14.3 Å². The van der Waals surface area contributed by atoms with Crippen molar-refractivity contribution >= 4 is 6.03 Å². The van der Waals surface area contributed by atoms with Crippen LogP contribution in [0.4, 0.5) is 4.79 Å². The molecule has 2 amide bonds. The first kappa shape index (κ1) is 15.6. The second-order valence-corrected chi connectivity index (χ2v) is 5.41. The average Bonchev–Trinajstić information content (AvgIpc) is 2.46. The summed E-state index contributed by atoms with van der Waals surface area (Å²) in [6, 6.07) is 4.17. The third-order valence-corrected chi connectivity index (χ3v) is 3.53. The molecule has 0 atom stereocenters. The molecule has 0 spiro atoms. The van der Waals surface area contributed by atoms with Crippen LogP contribution in [0.25, 0.3) is 0 Å². The van der Waals surface area contributed by atoms with Crippen molar-refractivity contribution in [2.75, 3.05) is 39.5 Å². The van der Waals surface area contributed by atoms with Gasteiger partial charge in [-0.15, -0.1) is 0 Å². The van der Waals surface area contributed by atoms with Gasteiger partial charge in [-0.05, 0) is 31.9 Å². The van der Waals surface area contributed by atoms with Crippen LogP contribution in [0, 0.1) is 20.8 Å². The van der Waals surface area contributed by atoms with E-state index >= 15 is 0 Å². The molecule has 5 heteroatoms. The van der Waals surface area contributed by atoms with Gasteiger partial charge < -0.3 is 19.7 Å². The maximum atomic E-state index is 11.9. The molecule has 1 fully saturated rings. The molecule has 1 heterocycles. The van der Waals surface area contributed by atoms with Crippen molar-refractivity contribution in [3.8, 4) is 5.75 Å². The number of hydrogen-bond acceptors (Lipinski definition) is 3. The number of rotatable bonds is 4. The first-order chi connectivity index (χ1) is 10.1. The van der Waals surface area contributed by atoms with Gasteiger partial charge in [-0.2, -0.15) is 0 Å². The highest BCUT2D eigenvalue weighted by atomic mass is 16.5. The minimum absolute atomic E-state index is 0.0424. The van der Waals surface area contributed by atoms with E-state index in [-0.39, 0.29) is 6.03 Å². The number of hydrogen-bond donors (Lipinski definition) is 1. The van der Waals surface area contributed by atoms with E-state index in [1.54, 1.807) is 4.90 Å². The van der Waals surface area contributed by atoms with Crippen molar-refractivity contribution in [2.24, 2.45) is 0 Å². The third kappa shape index (κ3) is 4.36. The largest absolute Gasteiger partial charge is 0.491 e. The lowest BCUT2D eigenvalue weighted by molar-refractivity contribution is 0.0530. The van der Waals surface area contributed by atoms with Crippen LogP contribution in [0.1, 0.15) is 16.7 Å². The normalized spacial score (nSPS) is 14.9. The van der Waals surface area contributed by atoms with Crippen LogP contribution in [-0.2, 0) is 4.74 Å². The summed E-state index contributed by atoms with van der Waals surface area (Å²) in [6.45, 7) is 9.68. The van der Waals surface area contributed by atoms with Crippen molar-refractivity contribution in [1.29, 1.82) is 0 Å². The van der Waals surface area contributed by atoms with Gasteiger partial charge in [0.1, 0.15) is 12.4 Å². The summed E-state index contributed by atoms with van der Waals surface area (Å²) in [5.74, 6) is 0.918. The Morgan fingerprint density at radius 3 is 2.48 bits per heavy atom. The van der Waals surface area contributed by atoms with Gasteiger partial charge in [-0.1, -0.05) is 17.7 Å². The third-order valence-electron chi connectivity index (χ3n) is 3.53. The van der Waals surface area contributed by atoms with Crippen molar-refractivity contribution in [1.82, 2.24) is 10.2 Å². The Kier molecular flexibility index (Phi) is 5.44. The molecule has 1 aromatic rings. The molecule has 1 aliphatic heterocycles. The summed E-state index contributed by atoms with van der Waals surface area (Å²) in [6.07, 6.45) is 0. The summed E-state index contributed by atoms with van der Waals surface area (Å²) in [7, 11) is 0. The van der Waals surface area contributed by atoms with Gasteiger partial charge in [-0.3, -0.25) is 0 Å². The van der Waals surface area contributed by atoms with Crippen LogP contribution in [0.3, 0.4) is 0 Å². The second kappa shape index (κ2) is 7.31. The quantitative estimate of drug-likeness (QED) is 0.864. The van der Waals surface area contributed by atoms with Gasteiger partial charge in [0.15, 0.2) is 0 Å². The number of ether oxygens (including phenoxy) is 2. The highest BCUT2D eigenvalue weighted by Gasteiger charge is 2.15. The molecule has 0 aliphatic carbocycles. The standard InChI is InChI=1S/C16H24N2O3/c1-12-10-13(2)15(14(3)11-12)21-7-4-17-16(19)18-5-8-20-9-6-18/h10-11H,4-9H2,1-3H3,(H,17,19). The van der Waals surface area contributed by atoms with Gasteiger partial charge in [0.2, 0.25) is 0 Å². The zero-order valence-electron chi connectivity index (χ0n) is 13.1. The number of morpholine rings is 1. The molecule has 5 nitrogen and oxygen atoms in total. The maximum absolute atomic E-state index is 11.9. The lowest BCUT2D eigenvalue weighted by Crippen LogP contribution is -2.47. The first-order valence-corrected chi connectivity index (χ1v) is 7.39. The van der Waals surface area contributed by atoms with Crippen molar-refractivity contribution in [3.05, 3.63) is 28.8 Å². The number of aryl methyl sites for hydroxylation is 3. The summed E-state index contributed by atoms with van der Waals surface area (Å²) in [4.78, 5) is 13.7. The molecule has 1 N–H and O–H groups in total. The minimum atomic E-state index is -0.0424. The molecule has 1 saturated heterocycles. The monoisotopic (exact) mass is 292 g/mol. The molecule has 0 saturated carbocycles. The Labute approximate surface area is 126 Å². The fourth-order valence-electron chi connectivity index (χ4n) is 2.58. The smallest absolute Gasteiger partial charge is 0.317 e. The Hall–Kier alpha value is -1.75. The molecule has 1 aromatic carbocycles. The number of carbonyl (C=O) groups is 1. The Bertz CT molecular complexity index is 473. The molecule has 0 aromatic heterocycles. The molecule has 21 heavy (non-hydrogen) atoms. The number of amides is 2. The zero-order chi connectivity index (χ0) is 15.2. The molecular weight excluding hydrogens is 268 g/mol. The predicted octanol–water partition coefficient (Wildman–Crippen LogP) is 2.03. The van der Waals surface area contributed by atoms with E-state index in [0.717, 1.165) is 16.9 Å². The summed E-state index contributed by atoms with van der Waals surface area (Å²) < 4.78 is 11.0. The average molecular weight is 292 g/mol. The fourth-order valence-corrected chi connectivity index (χ4v) is 2.58. The number of nitrogens with one attached hydrogen (secondary N) is 1. The van der Waals surface area contributed by atoms with Crippen LogP contribution in [-0.4, -0.2) is 50.4 Å². The van der Waals surface area contributed by atoms with Crippen LogP contribution in [0.15, 0.2) is 12.1 Å². The molecule has 1 aliphatic rings. The second-order valence-electron chi connectivity index (χ2n) is 5.41. The Morgan fingerprint density at radius 1 is 1.24 bits per heavy atom. The Morgan fingerprint density at radius 2 is 1.86 bits per heavy atom. The van der Waals surface area contributed by atoms with E-state index in [0.29, 0.717) is 39.5 Å². The predicted molar refractivity (Wildman–Crippen MR) is 81.9 cm³/mol. The first-order valence-electron chi connectivity index (χ1n) is 7.39. The van der Waals surface area contributed by atoms with E-state index in [2.05, 4.69) is 24.4 Å². The van der Waals surface area contributed by atoms with Crippen LogP contribution >= 0.6 is 0 Å². The number of urea groups is 1. The van der Waals surface area contributed by atoms with Crippen LogP contribution in [0.5, 0.6) is 5.75 Å². The summed E-state index contributed by atoms with van der Waals surface area (Å²) >= 11 is 0. The highest BCUT2D eigenvalue weighted by Crippen LogP contribution is 2.24. The van der Waals surface area contributed by atoms with E-state index in [4.69, 9.17) is 9.47 Å². The maximum Gasteiger partial charge on any atom is 0.317 e. The van der Waals surface area contributed by atoms with E-state index < -0.39 is 0 Å². The van der Waals surface area contributed by atoms with Gasteiger partial charge in [0.25, 0.3) is 0 Å². The van der Waals surface area contributed by atoms with Crippen molar-refractivity contribution in [2.45, 2.75) is 20.8 Å². The topological polar surface area (TPSA) is 50.8 Å². The van der Waals surface area contributed by atoms with Gasteiger partial charge >= 0.3 is 6.03 Å².